The highest BCUT2D eigenvalue weighted by Crippen LogP contribution is 2.54. The van der Waals surface area contributed by atoms with Crippen molar-refractivity contribution >= 4 is 34.8 Å². The molecule has 8 rings (SSSR count). The number of rotatable bonds is 9. The van der Waals surface area contributed by atoms with Gasteiger partial charge in [-0.15, -0.1) is 0 Å². The lowest BCUT2D eigenvalue weighted by atomic mass is 10.0. The van der Waals surface area contributed by atoms with Crippen LogP contribution in [0, 0.1) is 35.5 Å². The molecule has 2 aliphatic carbocycles. The van der Waals surface area contributed by atoms with Crippen molar-refractivity contribution in [2.45, 2.75) is 89.6 Å². The second-order valence-corrected chi connectivity index (χ2v) is 16.2. The number of methoxy groups -OCH3 is 2. The van der Waals surface area contributed by atoms with E-state index in [1.54, 1.807) is 6.20 Å². The van der Waals surface area contributed by atoms with E-state index in [1.165, 1.54) is 14.2 Å². The van der Waals surface area contributed by atoms with Crippen molar-refractivity contribution in [3.05, 3.63) is 71.7 Å². The molecule has 0 radical (unpaired) electrons. The molecule has 4 fully saturated rings. The minimum absolute atomic E-state index is 0.102. The maximum atomic E-state index is 13.8. The second kappa shape index (κ2) is 14.7. The number of H-pyrrole nitrogens is 2. The highest BCUT2D eigenvalue weighted by atomic mass is 16.5. The van der Waals surface area contributed by atoms with Gasteiger partial charge in [-0.1, -0.05) is 51.8 Å². The van der Waals surface area contributed by atoms with Crippen LogP contribution in [-0.2, 0) is 19.1 Å². The van der Waals surface area contributed by atoms with Gasteiger partial charge in [0.1, 0.15) is 29.4 Å². The number of aromatic amines is 2. The highest BCUT2D eigenvalue weighted by Gasteiger charge is 2.57. The molecule has 0 spiro atoms. The number of aromatic nitrogens is 4. The van der Waals surface area contributed by atoms with Crippen LogP contribution in [0.15, 0.2) is 48.8 Å². The van der Waals surface area contributed by atoms with Gasteiger partial charge in [0.05, 0.1) is 44.4 Å². The fourth-order valence-electron chi connectivity index (χ4n) is 8.61. The zero-order valence-corrected chi connectivity index (χ0v) is 32.5. The first-order valence-corrected chi connectivity index (χ1v) is 19.4. The number of hydrogen-bond acceptors (Lipinski definition) is 8. The first-order chi connectivity index (χ1) is 26.9. The number of benzene rings is 2. The van der Waals surface area contributed by atoms with Crippen molar-refractivity contribution in [3.8, 4) is 23.1 Å². The number of nitrogens with zero attached hydrogens (tertiary/aromatic N) is 4. The third kappa shape index (κ3) is 7.06. The van der Waals surface area contributed by atoms with E-state index in [9.17, 15) is 19.2 Å². The molecular weight excluding hydrogens is 713 g/mol. The van der Waals surface area contributed by atoms with Crippen molar-refractivity contribution in [2.75, 3.05) is 14.2 Å². The van der Waals surface area contributed by atoms with Crippen LogP contribution in [0.1, 0.15) is 88.4 Å². The van der Waals surface area contributed by atoms with Gasteiger partial charge >= 0.3 is 12.2 Å². The summed E-state index contributed by atoms with van der Waals surface area (Å²) in [5, 5.41) is 7.53. The number of nitrogens with one attached hydrogen (secondary N) is 4. The number of likely N-dealkylation sites (tertiary alicyclic amines) is 2. The number of carbonyl (C=O) groups is 4. The fourth-order valence-corrected chi connectivity index (χ4v) is 8.61. The Balaban J connectivity index is 0.951. The molecule has 4 heterocycles. The Morgan fingerprint density at radius 1 is 0.714 bits per heavy atom. The SMILES string of the molecule is COC(=O)NC(C(=O)N1[C@@H]2C[C@@H]2C[C@H]1c1ncc(-c2ccc3cc(C#Cc4cnc([C@@H]5C[C@H]6C[C@H]6N5C(=O)[C@@H](NC(=O)OC)C(C)C)[nH]4)ccc3c2)[nH]1)C(C)C. The third-order valence-corrected chi connectivity index (χ3v) is 11.8. The van der Waals surface area contributed by atoms with Crippen LogP contribution in [0.3, 0.4) is 0 Å². The van der Waals surface area contributed by atoms with Crippen molar-refractivity contribution in [1.82, 2.24) is 40.4 Å². The number of ether oxygens (including phenoxy) is 2. The zero-order chi connectivity index (χ0) is 39.4. The summed E-state index contributed by atoms with van der Waals surface area (Å²) in [4.78, 5) is 71.6. The van der Waals surface area contributed by atoms with Crippen LogP contribution in [0.2, 0.25) is 0 Å². The number of carbonyl (C=O) groups excluding carboxylic acids is 4. The van der Waals surface area contributed by atoms with Gasteiger partial charge in [0, 0.05) is 23.2 Å². The molecule has 8 atom stereocenters. The third-order valence-electron chi connectivity index (χ3n) is 11.8. The molecule has 14 nitrogen and oxygen atoms in total. The van der Waals surface area contributed by atoms with Crippen molar-refractivity contribution in [3.63, 3.8) is 0 Å². The van der Waals surface area contributed by atoms with Gasteiger partial charge in [0.25, 0.3) is 0 Å². The van der Waals surface area contributed by atoms with E-state index in [0.29, 0.717) is 23.4 Å². The van der Waals surface area contributed by atoms with E-state index in [0.717, 1.165) is 59.1 Å². The van der Waals surface area contributed by atoms with Gasteiger partial charge in [-0.05, 0) is 84.2 Å². The molecular formula is C42H48N8O6. The van der Waals surface area contributed by atoms with E-state index in [2.05, 4.69) is 55.6 Å². The number of fused-ring (bicyclic) bond motifs is 3. The van der Waals surface area contributed by atoms with Gasteiger partial charge in [0.15, 0.2) is 0 Å². The molecule has 292 valence electrons. The molecule has 2 aliphatic heterocycles. The summed E-state index contributed by atoms with van der Waals surface area (Å²) in [6.07, 6.45) is 5.88. The fraction of sp³-hybridized carbons (Fsp3) is 0.476. The summed E-state index contributed by atoms with van der Waals surface area (Å²) in [7, 11) is 2.59. The predicted molar refractivity (Wildman–Crippen MR) is 207 cm³/mol. The molecule has 4 aromatic rings. The lowest BCUT2D eigenvalue weighted by Gasteiger charge is -2.31. The molecule has 56 heavy (non-hydrogen) atoms. The number of alkyl carbamates (subject to hydrolysis) is 2. The van der Waals surface area contributed by atoms with E-state index < -0.39 is 24.3 Å². The lowest BCUT2D eigenvalue weighted by Crippen LogP contribution is -2.52. The smallest absolute Gasteiger partial charge is 0.407 e. The van der Waals surface area contributed by atoms with Crippen molar-refractivity contribution < 1.29 is 28.7 Å². The Kier molecular flexibility index (Phi) is 9.72. The minimum Gasteiger partial charge on any atom is -0.453 e. The quantitative estimate of drug-likeness (QED) is 0.163. The van der Waals surface area contributed by atoms with Crippen molar-refractivity contribution in [2.24, 2.45) is 23.7 Å². The first-order valence-electron chi connectivity index (χ1n) is 19.4. The number of imidazole rings is 2. The van der Waals surface area contributed by atoms with E-state index in [1.807, 2.05) is 61.9 Å². The largest absolute Gasteiger partial charge is 0.453 e. The molecule has 2 saturated carbocycles. The monoisotopic (exact) mass is 760 g/mol. The molecule has 2 aromatic heterocycles. The lowest BCUT2D eigenvalue weighted by molar-refractivity contribution is -0.137. The van der Waals surface area contributed by atoms with Crippen LogP contribution in [-0.4, -0.2) is 92.1 Å². The Morgan fingerprint density at radius 2 is 1.25 bits per heavy atom. The van der Waals surface area contributed by atoms with Crippen LogP contribution in [0.25, 0.3) is 22.0 Å². The van der Waals surface area contributed by atoms with Crippen LogP contribution < -0.4 is 10.6 Å². The maximum Gasteiger partial charge on any atom is 0.407 e. The molecule has 4 aliphatic rings. The van der Waals surface area contributed by atoms with E-state index in [4.69, 9.17) is 14.5 Å². The second-order valence-electron chi connectivity index (χ2n) is 16.2. The van der Waals surface area contributed by atoms with E-state index >= 15 is 0 Å². The Hall–Kier alpha value is -5.84. The molecule has 2 aromatic carbocycles. The topological polar surface area (TPSA) is 175 Å². The Morgan fingerprint density at radius 3 is 1.82 bits per heavy atom. The standard InChI is InChI=1S/C42H48N8O6/c1-21(2)35(47-41(53)55-5)39(51)49-31-15-27(31)17-33(49)37-43-19-29(45-37)12-8-23-7-9-25-14-26(11-10-24(25)13-23)30-20-44-38(46-30)34-18-28-16-32(28)50(34)40(52)36(22(3)4)48-42(54)56-6/h7,9-11,13-14,19-22,27-28,31-36H,15-18H2,1-6H3,(H,43,45)(H,44,46)(H,47,53)(H,48,54)/t27-,28-,31-,32-,33+,34+,35+,36?/m1/s1. The van der Waals surface area contributed by atoms with Gasteiger partial charge < -0.3 is 39.9 Å². The molecule has 1 unspecified atom stereocenters. The minimum atomic E-state index is -0.688. The van der Waals surface area contributed by atoms with Gasteiger partial charge in [-0.2, -0.15) is 0 Å². The molecule has 4 amide bonds. The number of piperidine rings is 2. The average Bonchev–Trinajstić information content (AvgIpc) is 3.79. The molecule has 14 heteroatoms. The average molecular weight is 761 g/mol. The van der Waals surface area contributed by atoms with E-state index in [-0.39, 0.29) is 47.8 Å². The Bertz CT molecular complexity index is 2250. The van der Waals surface area contributed by atoms with Crippen LogP contribution >= 0.6 is 0 Å². The number of amides is 4. The summed E-state index contributed by atoms with van der Waals surface area (Å²) in [5.41, 5.74) is 3.35. The summed E-state index contributed by atoms with van der Waals surface area (Å²) >= 11 is 0. The first kappa shape index (κ1) is 37.1. The predicted octanol–water partition coefficient (Wildman–Crippen LogP) is 5.44. The summed E-state index contributed by atoms with van der Waals surface area (Å²) in [6.45, 7) is 7.65. The summed E-state index contributed by atoms with van der Waals surface area (Å²) in [5.74, 6) is 8.35. The zero-order valence-electron chi connectivity index (χ0n) is 32.5. The molecule has 2 saturated heterocycles. The summed E-state index contributed by atoms with van der Waals surface area (Å²) < 4.78 is 9.57. The number of hydrogen-bond donors (Lipinski definition) is 4. The van der Waals surface area contributed by atoms with Gasteiger partial charge in [-0.3, -0.25) is 9.59 Å². The highest BCUT2D eigenvalue weighted by molar-refractivity contribution is 5.89. The Labute approximate surface area is 325 Å². The van der Waals surface area contributed by atoms with Gasteiger partial charge in [0.2, 0.25) is 11.8 Å². The normalized spacial score (nSPS) is 24.2. The molecule has 4 N–H and O–H groups in total. The van der Waals surface area contributed by atoms with Crippen molar-refractivity contribution in [1.29, 1.82) is 0 Å². The van der Waals surface area contributed by atoms with Gasteiger partial charge in [-0.25, -0.2) is 19.6 Å². The molecule has 0 bridgehead atoms. The van der Waals surface area contributed by atoms with Crippen LogP contribution in [0.4, 0.5) is 9.59 Å². The summed E-state index contributed by atoms with van der Waals surface area (Å²) in [6, 6.07) is 10.9. The van der Waals surface area contributed by atoms with Crippen LogP contribution in [0.5, 0.6) is 0 Å². The maximum absolute atomic E-state index is 13.8.